The molecule has 3 aromatic heterocycles. The van der Waals surface area contributed by atoms with Crippen LogP contribution in [0.1, 0.15) is 119 Å². The molecule has 346 valence electrons. The summed E-state index contributed by atoms with van der Waals surface area (Å²) in [6, 6.07) is 18.9. The van der Waals surface area contributed by atoms with E-state index in [1.165, 1.54) is 36.5 Å². The van der Waals surface area contributed by atoms with Crippen LogP contribution in [0.15, 0.2) is 78.0 Å². The van der Waals surface area contributed by atoms with Crippen molar-refractivity contribution in [2.24, 2.45) is 5.41 Å². The zero-order chi connectivity index (χ0) is 46.1. The first-order chi connectivity index (χ1) is 31.0. The summed E-state index contributed by atoms with van der Waals surface area (Å²) in [5, 5.41) is 26.0. The number of halogens is 1. The number of aromatic nitrogens is 3. The Bertz CT molecular complexity index is 2660. The number of benzene rings is 2. The molecule has 4 N–H and O–H groups in total. The number of unbranched alkanes of at least 4 members (excludes halogenated alkanes) is 1. The standard InChI is InChI=1S/C48H59ClN8O7S/c1-5-47(4,59)18-8-9-21-50-45-40(57(60)61)27-34(28-52-45)65(62,63)54-46(58)38-16-15-33(26-41(38)64-42-25-32-17-22-51-44(32)53-43(42)49)55-23-19-48(20-24-55)29-56(30-48)39-14-10-13-37(39)36-12-7-6-11-35(36)31(2)3/h6-7,11-12,15-17,22,25-28,31,37,39,59H,5,8-10,13-14,18-21,23-24,29-30H2,1-4H3,(H,50,52)(H,51,53)(H,54,58)/t37-,39-,47-/m1/s1. The summed E-state index contributed by atoms with van der Waals surface area (Å²) in [4.78, 5) is 41.2. The third-order valence-electron chi connectivity index (χ3n) is 13.9. The number of nitro groups is 1. The van der Waals surface area contributed by atoms with Gasteiger partial charge in [0.2, 0.25) is 5.82 Å². The van der Waals surface area contributed by atoms with E-state index in [1.54, 1.807) is 37.4 Å². The highest BCUT2D eigenvalue weighted by molar-refractivity contribution is 7.90. The largest absolute Gasteiger partial charge is 0.453 e. The van der Waals surface area contributed by atoms with Crippen molar-refractivity contribution >= 4 is 55.8 Å². The van der Waals surface area contributed by atoms with Gasteiger partial charge >= 0.3 is 5.69 Å². The number of fused-ring (bicyclic) bond motifs is 1. The zero-order valence-electron chi connectivity index (χ0n) is 37.5. The second-order valence-corrected chi connectivity index (χ2v) is 20.8. The molecule has 1 spiro atoms. The van der Waals surface area contributed by atoms with Crippen LogP contribution < -0.4 is 19.7 Å². The summed E-state index contributed by atoms with van der Waals surface area (Å²) < 4.78 is 35.8. The van der Waals surface area contributed by atoms with E-state index in [0.717, 1.165) is 62.4 Å². The van der Waals surface area contributed by atoms with E-state index in [4.69, 9.17) is 16.3 Å². The maximum Gasteiger partial charge on any atom is 0.312 e. The van der Waals surface area contributed by atoms with Crippen LogP contribution in [-0.4, -0.2) is 88.6 Å². The van der Waals surface area contributed by atoms with Crippen molar-refractivity contribution in [2.45, 2.75) is 114 Å². The number of hydrogen-bond donors (Lipinski definition) is 4. The van der Waals surface area contributed by atoms with E-state index in [1.807, 2.05) is 6.92 Å². The van der Waals surface area contributed by atoms with Gasteiger partial charge in [-0.3, -0.25) is 19.8 Å². The summed E-state index contributed by atoms with van der Waals surface area (Å²) in [6.07, 6.45) is 10.8. The minimum absolute atomic E-state index is 0.0379. The Morgan fingerprint density at radius 2 is 1.86 bits per heavy atom. The summed E-state index contributed by atoms with van der Waals surface area (Å²) in [6.45, 7) is 12.3. The van der Waals surface area contributed by atoms with E-state index in [2.05, 4.69) is 72.9 Å². The molecular formula is C48H59ClN8O7S. The number of sulfonamides is 1. The highest BCUT2D eigenvalue weighted by Crippen LogP contribution is 2.49. The Balaban J connectivity index is 0.972. The quantitative estimate of drug-likeness (QED) is 0.0299. The summed E-state index contributed by atoms with van der Waals surface area (Å²) in [5.41, 5.74) is 3.12. The number of H-pyrrole nitrogens is 1. The molecule has 5 heterocycles. The van der Waals surface area contributed by atoms with Gasteiger partial charge in [-0.1, -0.05) is 63.1 Å². The predicted molar refractivity (Wildman–Crippen MR) is 253 cm³/mol. The van der Waals surface area contributed by atoms with E-state index in [0.29, 0.717) is 55.8 Å². The number of rotatable bonds is 17. The van der Waals surface area contributed by atoms with Crippen molar-refractivity contribution in [2.75, 3.05) is 42.9 Å². The van der Waals surface area contributed by atoms with Crippen molar-refractivity contribution in [3.8, 4) is 11.5 Å². The SMILES string of the molecule is CC[C@@](C)(O)CCCCNc1ncc(S(=O)(=O)NC(=O)c2ccc(N3CCC4(CC3)CN([C@@H]3CCC[C@@H]3c3ccccc3C(C)C)C4)cc2Oc2cc3cc[nH]c3nc2Cl)cc1[N+](=O)[O-]. The first-order valence-electron chi connectivity index (χ1n) is 22.8. The van der Waals surface area contributed by atoms with Gasteiger partial charge in [0.1, 0.15) is 16.3 Å². The number of carbonyl (C=O) groups excluding carboxylic acids is 1. The fourth-order valence-electron chi connectivity index (χ4n) is 9.94. The fraction of sp³-hybridized carbons (Fsp3) is 0.479. The van der Waals surface area contributed by atoms with Crippen molar-refractivity contribution in [3.63, 3.8) is 0 Å². The monoisotopic (exact) mass is 926 g/mol. The van der Waals surface area contributed by atoms with Crippen LogP contribution in [-0.2, 0) is 10.0 Å². The molecule has 2 saturated heterocycles. The van der Waals surface area contributed by atoms with Crippen LogP contribution in [0.25, 0.3) is 11.0 Å². The van der Waals surface area contributed by atoms with Crippen molar-refractivity contribution in [1.82, 2.24) is 24.6 Å². The molecule has 2 aromatic carbocycles. The average molecular weight is 928 g/mol. The molecule has 2 aliphatic heterocycles. The number of ether oxygens (including phenoxy) is 1. The third kappa shape index (κ3) is 10.1. The topological polar surface area (TPSA) is 196 Å². The lowest BCUT2D eigenvalue weighted by atomic mass is 9.70. The van der Waals surface area contributed by atoms with Crippen LogP contribution in [0.5, 0.6) is 11.5 Å². The van der Waals surface area contributed by atoms with E-state index >= 15 is 0 Å². The first-order valence-corrected chi connectivity index (χ1v) is 24.6. The molecule has 5 aromatic rings. The van der Waals surface area contributed by atoms with Crippen LogP contribution in [0.3, 0.4) is 0 Å². The molecule has 1 amide bonds. The number of piperidine rings is 1. The minimum atomic E-state index is -4.66. The molecule has 0 radical (unpaired) electrons. The van der Waals surface area contributed by atoms with E-state index in [9.17, 15) is 28.4 Å². The van der Waals surface area contributed by atoms with Crippen LogP contribution in [0, 0.1) is 15.5 Å². The number of aliphatic hydroxyl groups is 1. The van der Waals surface area contributed by atoms with Gasteiger partial charge in [-0.15, -0.1) is 0 Å². The molecule has 65 heavy (non-hydrogen) atoms. The molecule has 0 bridgehead atoms. The lowest BCUT2D eigenvalue weighted by molar-refractivity contribution is -0.384. The Hall–Kier alpha value is -5.29. The summed E-state index contributed by atoms with van der Waals surface area (Å²) >= 11 is 6.58. The van der Waals surface area contributed by atoms with E-state index < -0.39 is 37.0 Å². The molecule has 17 heteroatoms. The molecule has 3 aliphatic rings. The Kier molecular flexibility index (Phi) is 13.4. The van der Waals surface area contributed by atoms with Gasteiger partial charge in [-0.2, -0.15) is 0 Å². The van der Waals surface area contributed by atoms with Crippen LogP contribution >= 0.6 is 11.6 Å². The second kappa shape index (κ2) is 18.9. The number of aromatic amines is 1. The number of nitrogens with zero attached hydrogens (tertiary/aromatic N) is 5. The van der Waals surface area contributed by atoms with Crippen LogP contribution in [0.2, 0.25) is 5.15 Å². The Labute approximate surface area is 385 Å². The highest BCUT2D eigenvalue weighted by atomic mass is 35.5. The molecule has 3 atom stereocenters. The number of carbonyl (C=O) groups is 1. The number of likely N-dealkylation sites (tertiary alicyclic amines) is 1. The predicted octanol–water partition coefficient (Wildman–Crippen LogP) is 9.54. The maximum atomic E-state index is 14.0. The van der Waals surface area contributed by atoms with Gasteiger partial charge in [0, 0.05) is 68.2 Å². The maximum absolute atomic E-state index is 14.0. The van der Waals surface area contributed by atoms with Gasteiger partial charge in [-0.05, 0) is 111 Å². The second-order valence-electron chi connectivity index (χ2n) is 18.7. The zero-order valence-corrected chi connectivity index (χ0v) is 39.1. The molecule has 8 rings (SSSR count). The van der Waals surface area contributed by atoms with Crippen molar-refractivity contribution < 1.29 is 28.0 Å². The number of pyridine rings is 2. The normalized spacial score (nSPS) is 19.6. The van der Waals surface area contributed by atoms with Gasteiger partial charge < -0.3 is 25.0 Å². The summed E-state index contributed by atoms with van der Waals surface area (Å²) in [7, 11) is -4.66. The molecule has 3 fully saturated rings. The number of nitrogens with one attached hydrogen (secondary N) is 3. The number of hydrogen-bond acceptors (Lipinski definition) is 12. The molecule has 15 nitrogen and oxygen atoms in total. The smallest absolute Gasteiger partial charge is 0.312 e. The number of amides is 1. The van der Waals surface area contributed by atoms with Crippen molar-refractivity contribution in [1.29, 1.82) is 0 Å². The third-order valence-corrected chi connectivity index (χ3v) is 15.5. The van der Waals surface area contributed by atoms with E-state index in [-0.39, 0.29) is 33.4 Å². The lowest BCUT2D eigenvalue weighted by Crippen LogP contribution is -2.63. The molecule has 1 aliphatic carbocycles. The fourth-order valence-corrected chi connectivity index (χ4v) is 11.0. The highest BCUT2D eigenvalue weighted by Gasteiger charge is 2.49. The summed E-state index contributed by atoms with van der Waals surface area (Å²) in [5.74, 6) is 0.154. The van der Waals surface area contributed by atoms with Gasteiger partial charge in [0.25, 0.3) is 15.9 Å². The average Bonchev–Trinajstić information content (AvgIpc) is 3.95. The molecule has 0 unspecified atom stereocenters. The Morgan fingerprint density at radius 3 is 2.60 bits per heavy atom. The molecule has 1 saturated carbocycles. The van der Waals surface area contributed by atoms with Gasteiger partial charge in [0.15, 0.2) is 10.9 Å². The van der Waals surface area contributed by atoms with Crippen molar-refractivity contribution in [3.05, 3.63) is 105 Å². The first kappa shape index (κ1) is 46.2. The lowest BCUT2D eigenvalue weighted by Gasteiger charge is -2.57. The number of anilines is 2. The van der Waals surface area contributed by atoms with Gasteiger partial charge in [0.05, 0.1) is 22.3 Å². The van der Waals surface area contributed by atoms with Gasteiger partial charge in [-0.25, -0.2) is 23.1 Å². The Morgan fingerprint density at radius 1 is 1.09 bits per heavy atom. The van der Waals surface area contributed by atoms with Crippen LogP contribution in [0.4, 0.5) is 17.2 Å². The minimum Gasteiger partial charge on any atom is -0.453 e. The molecular weight excluding hydrogens is 868 g/mol.